The van der Waals surface area contributed by atoms with Crippen LogP contribution in [0.25, 0.3) is 22.4 Å². The lowest BCUT2D eigenvalue weighted by Crippen LogP contribution is -1.99. The highest BCUT2D eigenvalue weighted by Gasteiger charge is 2.09. The maximum absolute atomic E-state index is 10.7. The molecule has 100 valence electrons. The first-order valence-electron chi connectivity index (χ1n) is 6.26. The lowest BCUT2D eigenvalue weighted by atomic mass is 10.1. The number of carboxylic acids is 1. The normalized spacial score (nSPS) is 10.8. The number of aromatic nitrogens is 3. The van der Waals surface area contributed by atoms with E-state index in [2.05, 4.69) is 15.0 Å². The molecule has 0 unspecified atom stereocenters. The van der Waals surface area contributed by atoms with Crippen LogP contribution in [0.15, 0.2) is 36.5 Å². The lowest BCUT2D eigenvalue weighted by molar-refractivity contribution is -0.136. The molecule has 3 aromatic rings. The Bertz CT molecular complexity index is 793. The van der Waals surface area contributed by atoms with Crippen molar-refractivity contribution in [3.8, 4) is 11.4 Å². The molecule has 1 aromatic carbocycles. The molecular weight excluding hydrogens is 254 g/mol. The molecule has 0 fully saturated rings. The van der Waals surface area contributed by atoms with Crippen LogP contribution in [0.1, 0.15) is 11.3 Å². The van der Waals surface area contributed by atoms with Gasteiger partial charge in [-0.1, -0.05) is 6.07 Å². The fourth-order valence-corrected chi connectivity index (χ4v) is 2.20. The van der Waals surface area contributed by atoms with Gasteiger partial charge in [-0.15, -0.1) is 0 Å². The minimum absolute atomic E-state index is 0.00402. The van der Waals surface area contributed by atoms with Gasteiger partial charge in [0, 0.05) is 17.5 Å². The van der Waals surface area contributed by atoms with Crippen molar-refractivity contribution < 1.29 is 9.90 Å². The van der Waals surface area contributed by atoms with E-state index < -0.39 is 5.97 Å². The average molecular weight is 267 g/mol. The number of aryl methyl sites for hydroxylation is 1. The van der Waals surface area contributed by atoms with E-state index in [1.807, 2.05) is 25.1 Å². The van der Waals surface area contributed by atoms with Crippen LogP contribution in [-0.2, 0) is 11.2 Å². The number of rotatable bonds is 3. The summed E-state index contributed by atoms with van der Waals surface area (Å²) in [5.74, 6) is -0.0960. The summed E-state index contributed by atoms with van der Waals surface area (Å²) in [4.78, 5) is 22.7. The Labute approximate surface area is 115 Å². The van der Waals surface area contributed by atoms with Gasteiger partial charge < -0.3 is 10.1 Å². The summed E-state index contributed by atoms with van der Waals surface area (Å²) < 4.78 is 0. The monoisotopic (exact) mass is 267 g/mol. The Hall–Kier alpha value is -2.69. The highest BCUT2D eigenvalue weighted by Crippen LogP contribution is 2.23. The first-order valence-corrected chi connectivity index (χ1v) is 6.26. The average Bonchev–Trinajstić information content (AvgIpc) is 2.81. The zero-order valence-corrected chi connectivity index (χ0v) is 10.9. The number of imidazole rings is 1. The first kappa shape index (κ1) is 12.3. The van der Waals surface area contributed by atoms with Gasteiger partial charge in [0.25, 0.3) is 0 Å². The Balaban J connectivity index is 2.07. The number of nitrogens with zero attached hydrogens (tertiary/aromatic N) is 2. The molecule has 0 amide bonds. The zero-order valence-electron chi connectivity index (χ0n) is 10.9. The highest BCUT2D eigenvalue weighted by molar-refractivity contribution is 5.81. The molecule has 0 saturated carbocycles. The molecule has 2 N–H and O–H groups in total. The van der Waals surface area contributed by atoms with Crippen LogP contribution in [0.5, 0.6) is 0 Å². The number of hydrogen-bond donors (Lipinski definition) is 2. The second-order valence-electron chi connectivity index (χ2n) is 4.64. The predicted octanol–water partition coefficient (Wildman–Crippen LogP) is 2.56. The highest BCUT2D eigenvalue weighted by atomic mass is 16.4. The maximum atomic E-state index is 10.7. The molecule has 5 nitrogen and oxygen atoms in total. The number of hydrogen-bond acceptors (Lipinski definition) is 3. The standard InChI is InChI=1S/C15H13N3O2/c1-9-11(3-2-6-16-9)15-17-12-5-4-10(8-14(19)20)7-13(12)18-15/h2-7H,8H2,1H3,(H,17,18)(H,19,20). The minimum atomic E-state index is -0.844. The van der Waals surface area contributed by atoms with E-state index in [1.165, 1.54) is 0 Å². The van der Waals surface area contributed by atoms with Crippen molar-refractivity contribution in [1.82, 2.24) is 15.0 Å². The minimum Gasteiger partial charge on any atom is -0.481 e. The van der Waals surface area contributed by atoms with Crippen LogP contribution in [-0.4, -0.2) is 26.0 Å². The number of nitrogens with one attached hydrogen (secondary N) is 1. The van der Waals surface area contributed by atoms with E-state index in [4.69, 9.17) is 5.11 Å². The fraction of sp³-hybridized carbons (Fsp3) is 0.133. The van der Waals surface area contributed by atoms with Crippen LogP contribution < -0.4 is 0 Å². The lowest BCUT2D eigenvalue weighted by Gasteiger charge is -1.99. The topological polar surface area (TPSA) is 78.9 Å². The largest absolute Gasteiger partial charge is 0.481 e. The van der Waals surface area contributed by atoms with Crippen molar-refractivity contribution in [1.29, 1.82) is 0 Å². The molecule has 0 spiro atoms. The third-order valence-electron chi connectivity index (χ3n) is 3.16. The molecule has 0 bridgehead atoms. The molecule has 0 aliphatic heterocycles. The third kappa shape index (κ3) is 2.25. The van der Waals surface area contributed by atoms with Gasteiger partial charge in [0.15, 0.2) is 0 Å². The predicted molar refractivity (Wildman–Crippen MR) is 75.4 cm³/mol. The van der Waals surface area contributed by atoms with Gasteiger partial charge in [0.05, 0.1) is 17.5 Å². The Kier molecular flexibility index (Phi) is 2.95. The molecule has 0 atom stereocenters. The SMILES string of the molecule is Cc1ncccc1-c1nc2cc(CC(=O)O)ccc2[nH]1. The van der Waals surface area contributed by atoms with Crippen molar-refractivity contribution >= 4 is 17.0 Å². The van der Waals surface area contributed by atoms with Crippen LogP contribution in [0.2, 0.25) is 0 Å². The smallest absolute Gasteiger partial charge is 0.307 e. The van der Waals surface area contributed by atoms with Crippen LogP contribution in [0.3, 0.4) is 0 Å². The van der Waals surface area contributed by atoms with Crippen molar-refractivity contribution in [3.63, 3.8) is 0 Å². The van der Waals surface area contributed by atoms with Gasteiger partial charge in [0.2, 0.25) is 0 Å². The second-order valence-corrected chi connectivity index (χ2v) is 4.64. The van der Waals surface area contributed by atoms with Gasteiger partial charge in [-0.3, -0.25) is 9.78 Å². The molecule has 2 aromatic heterocycles. The molecule has 5 heteroatoms. The summed E-state index contributed by atoms with van der Waals surface area (Å²) in [7, 11) is 0. The third-order valence-corrected chi connectivity index (χ3v) is 3.16. The molecule has 3 rings (SSSR count). The zero-order chi connectivity index (χ0) is 14.1. The molecule has 0 radical (unpaired) electrons. The Morgan fingerprint density at radius 3 is 2.95 bits per heavy atom. The van der Waals surface area contributed by atoms with E-state index in [-0.39, 0.29) is 6.42 Å². The van der Waals surface area contributed by atoms with Gasteiger partial charge in [-0.05, 0) is 36.8 Å². The van der Waals surface area contributed by atoms with E-state index in [9.17, 15) is 4.79 Å². The fourth-order valence-electron chi connectivity index (χ4n) is 2.20. The number of fused-ring (bicyclic) bond motifs is 1. The van der Waals surface area contributed by atoms with Crippen LogP contribution in [0, 0.1) is 6.92 Å². The van der Waals surface area contributed by atoms with Crippen molar-refractivity contribution in [2.45, 2.75) is 13.3 Å². The summed E-state index contributed by atoms with van der Waals surface area (Å²) in [6.07, 6.45) is 1.75. The molecule has 0 aliphatic carbocycles. The van der Waals surface area contributed by atoms with Gasteiger partial charge in [-0.2, -0.15) is 0 Å². The number of pyridine rings is 1. The summed E-state index contributed by atoms with van der Waals surface area (Å²) >= 11 is 0. The summed E-state index contributed by atoms with van der Waals surface area (Å²) in [6.45, 7) is 1.93. The molecule has 0 saturated heterocycles. The van der Waals surface area contributed by atoms with E-state index >= 15 is 0 Å². The van der Waals surface area contributed by atoms with E-state index in [0.29, 0.717) is 0 Å². The number of aliphatic carboxylic acids is 1. The van der Waals surface area contributed by atoms with Crippen molar-refractivity contribution in [2.24, 2.45) is 0 Å². The number of carboxylic acid groups (broad SMARTS) is 1. The number of H-pyrrole nitrogens is 1. The Morgan fingerprint density at radius 2 is 2.20 bits per heavy atom. The first-order chi connectivity index (χ1) is 9.63. The summed E-state index contributed by atoms with van der Waals surface area (Å²) in [5, 5.41) is 8.82. The van der Waals surface area contributed by atoms with Crippen molar-refractivity contribution in [3.05, 3.63) is 47.8 Å². The molecule has 0 aliphatic rings. The van der Waals surface area contributed by atoms with Crippen LogP contribution in [0.4, 0.5) is 0 Å². The number of aromatic amines is 1. The van der Waals surface area contributed by atoms with Gasteiger partial charge in [-0.25, -0.2) is 4.98 Å². The van der Waals surface area contributed by atoms with E-state index in [0.717, 1.165) is 33.7 Å². The second kappa shape index (κ2) is 4.77. The molecule has 2 heterocycles. The quantitative estimate of drug-likeness (QED) is 0.764. The van der Waals surface area contributed by atoms with E-state index in [1.54, 1.807) is 18.3 Å². The number of benzene rings is 1. The summed E-state index contributed by atoms with van der Waals surface area (Å²) in [6, 6.07) is 9.28. The molecule has 20 heavy (non-hydrogen) atoms. The maximum Gasteiger partial charge on any atom is 0.307 e. The van der Waals surface area contributed by atoms with Crippen LogP contribution >= 0.6 is 0 Å². The van der Waals surface area contributed by atoms with Crippen molar-refractivity contribution in [2.75, 3.05) is 0 Å². The molecular formula is C15H13N3O2. The van der Waals surface area contributed by atoms with Gasteiger partial charge in [0.1, 0.15) is 5.82 Å². The Morgan fingerprint density at radius 1 is 1.35 bits per heavy atom. The van der Waals surface area contributed by atoms with Gasteiger partial charge >= 0.3 is 5.97 Å². The number of carbonyl (C=O) groups is 1. The summed E-state index contributed by atoms with van der Waals surface area (Å²) in [5.41, 5.74) is 4.24.